The maximum Gasteiger partial charge on any atom is 0.0733 e. The van der Waals surface area contributed by atoms with Gasteiger partial charge in [-0.1, -0.05) is 31.0 Å². The average Bonchev–Trinajstić information content (AvgIpc) is 2.28. The number of nitrogens with two attached hydrogens (primary N) is 1. The van der Waals surface area contributed by atoms with Crippen LogP contribution in [0.4, 0.5) is 5.69 Å². The number of aliphatic hydroxyl groups is 1. The third-order valence-corrected chi connectivity index (χ3v) is 3.19. The predicted octanol–water partition coefficient (Wildman–Crippen LogP) is 2.57. The zero-order chi connectivity index (χ0) is 13.0. The average molecular weight is 257 g/mol. The van der Waals surface area contributed by atoms with Crippen molar-refractivity contribution < 1.29 is 5.11 Å². The van der Waals surface area contributed by atoms with E-state index < -0.39 is 12.1 Å². The normalized spacial score (nSPS) is 14.5. The van der Waals surface area contributed by atoms with Crippen molar-refractivity contribution in [3.05, 3.63) is 28.8 Å². The van der Waals surface area contributed by atoms with Crippen LogP contribution in [0.3, 0.4) is 0 Å². The molecule has 0 fully saturated rings. The number of hydrogen-bond donors (Lipinski definition) is 2. The topological polar surface area (TPSA) is 49.5 Å². The Labute approximate surface area is 108 Å². The maximum atomic E-state index is 9.88. The van der Waals surface area contributed by atoms with Crippen molar-refractivity contribution in [2.24, 2.45) is 5.73 Å². The summed E-state index contributed by atoms with van der Waals surface area (Å²) in [5, 5.41) is 10.5. The largest absolute Gasteiger partial charge is 0.391 e. The van der Waals surface area contributed by atoms with Gasteiger partial charge in [0.2, 0.25) is 0 Å². The molecule has 0 aromatic heterocycles. The van der Waals surface area contributed by atoms with E-state index in [4.69, 9.17) is 17.3 Å². The van der Waals surface area contributed by atoms with E-state index >= 15 is 0 Å². The number of aliphatic hydroxyl groups excluding tert-OH is 1. The van der Waals surface area contributed by atoms with Crippen molar-refractivity contribution in [2.75, 3.05) is 19.0 Å². The van der Waals surface area contributed by atoms with Crippen LogP contribution in [0.25, 0.3) is 0 Å². The molecule has 0 radical (unpaired) electrons. The summed E-state index contributed by atoms with van der Waals surface area (Å²) in [5.74, 6) is 0. The highest BCUT2D eigenvalue weighted by molar-refractivity contribution is 6.31. The molecule has 1 aromatic carbocycles. The van der Waals surface area contributed by atoms with Crippen molar-refractivity contribution >= 4 is 17.3 Å². The van der Waals surface area contributed by atoms with Gasteiger partial charge in [-0.15, -0.1) is 0 Å². The van der Waals surface area contributed by atoms with E-state index in [-0.39, 0.29) is 0 Å². The Morgan fingerprint density at radius 1 is 1.41 bits per heavy atom. The minimum atomic E-state index is -0.539. The molecule has 17 heavy (non-hydrogen) atoms. The lowest BCUT2D eigenvalue weighted by molar-refractivity contribution is 0.134. The van der Waals surface area contributed by atoms with E-state index in [1.807, 2.05) is 44.1 Å². The summed E-state index contributed by atoms with van der Waals surface area (Å²) in [6.45, 7) is 2.02. The third kappa shape index (κ3) is 3.60. The molecule has 0 unspecified atom stereocenters. The number of anilines is 1. The molecule has 2 atom stereocenters. The first-order chi connectivity index (χ1) is 7.97. The van der Waals surface area contributed by atoms with Crippen LogP contribution in [0.2, 0.25) is 5.02 Å². The second kappa shape index (κ2) is 6.24. The maximum absolute atomic E-state index is 9.88. The van der Waals surface area contributed by atoms with Gasteiger partial charge in [-0.2, -0.15) is 0 Å². The molecule has 0 aliphatic carbocycles. The molecule has 0 saturated heterocycles. The fraction of sp³-hybridized carbons (Fsp3) is 0.538. The predicted molar refractivity (Wildman–Crippen MR) is 73.6 cm³/mol. The summed E-state index contributed by atoms with van der Waals surface area (Å²) in [6.07, 6.45) is 1.05. The lowest BCUT2D eigenvalue weighted by Crippen LogP contribution is -2.26. The van der Waals surface area contributed by atoms with Crippen molar-refractivity contribution in [3.8, 4) is 0 Å². The van der Waals surface area contributed by atoms with Gasteiger partial charge in [0.25, 0.3) is 0 Å². The van der Waals surface area contributed by atoms with E-state index in [1.54, 1.807) is 0 Å². The van der Waals surface area contributed by atoms with Crippen LogP contribution in [-0.4, -0.2) is 25.3 Å². The second-order valence-corrected chi connectivity index (χ2v) is 4.89. The highest BCUT2D eigenvalue weighted by Crippen LogP contribution is 2.28. The fourth-order valence-electron chi connectivity index (χ4n) is 1.75. The Morgan fingerprint density at radius 3 is 2.53 bits per heavy atom. The molecular weight excluding hydrogens is 236 g/mol. The van der Waals surface area contributed by atoms with Gasteiger partial charge in [-0.05, 0) is 24.1 Å². The summed E-state index contributed by atoms with van der Waals surface area (Å²) in [7, 11) is 3.91. The van der Waals surface area contributed by atoms with E-state index in [0.29, 0.717) is 11.4 Å². The first-order valence-corrected chi connectivity index (χ1v) is 6.25. The Morgan fingerprint density at radius 2 is 2.06 bits per heavy atom. The highest BCUT2D eigenvalue weighted by atomic mass is 35.5. The lowest BCUT2D eigenvalue weighted by atomic mass is 9.99. The smallest absolute Gasteiger partial charge is 0.0733 e. The minimum absolute atomic E-state index is 0.418. The van der Waals surface area contributed by atoms with Crippen molar-refractivity contribution in [2.45, 2.75) is 31.9 Å². The van der Waals surface area contributed by atoms with Gasteiger partial charge in [0.05, 0.1) is 12.1 Å². The van der Waals surface area contributed by atoms with Crippen molar-refractivity contribution in [1.82, 2.24) is 0 Å². The molecule has 3 N–H and O–H groups in total. The SMILES string of the molecule is CCC[C@@H](O)[C@@H](N)c1ccc(N(C)C)cc1Cl. The Kier molecular flexibility index (Phi) is 5.25. The van der Waals surface area contributed by atoms with Gasteiger partial charge < -0.3 is 15.7 Å². The van der Waals surface area contributed by atoms with Crippen molar-refractivity contribution in [1.29, 1.82) is 0 Å². The van der Waals surface area contributed by atoms with Gasteiger partial charge in [0.15, 0.2) is 0 Å². The summed E-state index contributed by atoms with van der Waals surface area (Å²) in [6, 6.07) is 5.30. The molecular formula is C13H21ClN2O. The Hall–Kier alpha value is -0.770. The molecule has 96 valence electrons. The summed E-state index contributed by atoms with van der Waals surface area (Å²) in [5.41, 5.74) is 7.83. The second-order valence-electron chi connectivity index (χ2n) is 4.48. The Balaban J connectivity index is 2.91. The van der Waals surface area contributed by atoms with Gasteiger partial charge in [0.1, 0.15) is 0 Å². The fourth-order valence-corrected chi connectivity index (χ4v) is 2.05. The molecule has 0 amide bonds. The molecule has 1 aromatic rings. The molecule has 0 aliphatic rings. The van der Waals surface area contributed by atoms with Crippen LogP contribution >= 0.6 is 11.6 Å². The quantitative estimate of drug-likeness (QED) is 0.851. The summed E-state index contributed by atoms with van der Waals surface area (Å²) < 4.78 is 0. The third-order valence-electron chi connectivity index (χ3n) is 2.86. The zero-order valence-corrected chi connectivity index (χ0v) is 11.4. The monoisotopic (exact) mass is 256 g/mol. The lowest BCUT2D eigenvalue weighted by Gasteiger charge is -2.21. The number of benzene rings is 1. The molecule has 4 heteroatoms. The first-order valence-electron chi connectivity index (χ1n) is 5.87. The molecule has 0 spiro atoms. The number of halogens is 1. The summed E-state index contributed by atoms with van der Waals surface area (Å²) in [4.78, 5) is 1.98. The number of nitrogens with zero attached hydrogens (tertiary/aromatic N) is 1. The number of hydrogen-bond acceptors (Lipinski definition) is 3. The van der Waals surface area contributed by atoms with E-state index in [2.05, 4.69) is 0 Å². The van der Waals surface area contributed by atoms with Gasteiger partial charge in [-0.25, -0.2) is 0 Å². The molecule has 0 saturated carbocycles. The van der Waals surface area contributed by atoms with E-state index in [1.165, 1.54) is 0 Å². The van der Waals surface area contributed by atoms with Crippen LogP contribution in [0.15, 0.2) is 18.2 Å². The van der Waals surface area contributed by atoms with Crippen molar-refractivity contribution in [3.63, 3.8) is 0 Å². The van der Waals surface area contributed by atoms with Crippen LogP contribution < -0.4 is 10.6 Å². The highest BCUT2D eigenvalue weighted by Gasteiger charge is 2.18. The van der Waals surface area contributed by atoms with Crippen LogP contribution in [0.5, 0.6) is 0 Å². The molecule has 3 nitrogen and oxygen atoms in total. The number of rotatable bonds is 5. The van der Waals surface area contributed by atoms with Gasteiger partial charge in [0, 0.05) is 24.8 Å². The molecule has 1 rings (SSSR count). The Bertz CT molecular complexity index is 368. The van der Waals surface area contributed by atoms with Gasteiger partial charge in [-0.3, -0.25) is 0 Å². The zero-order valence-electron chi connectivity index (χ0n) is 10.7. The molecule has 0 aliphatic heterocycles. The minimum Gasteiger partial charge on any atom is -0.391 e. The molecule has 0 heterocycles. The standard InChI is InChI=1S/C13H21ClN2O/c1-4-5-12(17)13(15)10-7-6-9(16(2)3)8-11(10)14/h6-8,12-13,17H,4-5,15H2,1-3H3/t12-,13+/m1/s1. The van der Waals surface area contributed by atoms with E-state index in [9.17, 15) is 5.11 Å². The first kappa shape index (κ1) is 14.3. The van der Waals surface area contributed by atoms with Crippen LogP contribution in [0.1, 0.15) is 31.4 Å². The van der Waals surface area contributed by atoms with Crippen LogP contribution in [0, 0.1) is 0 Å². The van der Waals surface area contributed by atoms with Gasteiger partial charge >= 0.3 is 0 Å². The molecule has 0 bridgehead atoms. The van der Waals surface area contributed by atoms with Crippen LogP contribution in [-0.2, 0) is 0 Å². The summed E-state index contributed by atoms with van der Waals surface area (Å²) >= 11 is 6.19. The van der Waals surface area contributed by atoms with E-state index in [0.717, 1.165) is 17.7 Å².